The van der Waals surface area contributed by atoms with Gasteiger partial charge in [-0.15, -0.1) is 0 Å². The van der Waals surface area contributed by atoms with Gasteiger partial charge in [0.05, 0.1) is 6.10 Å². The van der Waals surface area contributed by atoms with E-state index in [1.165, 1.54) is 18.4 Å². The van der Waals surface area contributed by atoms with Crippen molar-refractivity contribution in [3.63, 3.8) is 0 Å². The molecule has 1 aromatic carbocycles. The maximum Gasteiger partial charge on any atom is 0.0757 e. The fourth-order valence-electron chi connectivity index (χ4n) is 3.11. The summed E-state index contributed by atoms with van der Waals surface area (Å²) in [5.41, 5.74) is 1.29. The molecule has 0 bridgehead atoms. The van der Waals surface area contributed by atoms with Crippen molar-refractivity contribution in [1.29, 1.82) is 0 Å². The highest BCUT2D eigenvalue weighted by Crippen LogP contribution is 2.39. The van der Waals surface area contributed by atoms with Crippen molar-refractivity contribution in [3.05, 3.63) is 34.9 Å². The molecule has 104 valence electrons. The van der Waals surface area contributed by atoms with Crippen LogP contribution in [0.4, 0.5) is 0 Å². The molecule has 19 heavy (non-hydrogen) atoms. The Morgan fingerprint density at radius 3 is 2.89 bits per heavy atom. The predicted molar refractivity (Wildman–Crippen MR) is 78.5 cm³/mol. The summed E-state index contributed by atoms with van der Waals surface area (Å²) in [6.45, 7) is 3.13. The van der Waals surface area contributed by atoms with Gasteiger partial charge >= 0.3 is 0 Å². The van der Waals surface area contributed by atoms with E-state index in [1.54, 1.807) is 0 Å². The highest BCUT2D eigenvalue weighted by molar-refractivity contribution is 6.30. The number of hydrogen-bond acceptors (Lipinski definition) is 2. The summed E-state index contributed by atoms with van der Waals surface area (Å²) >= 11 is 6.10. The maximum absolute atomic E-state index is 6.10. The molecule has 0 amide bonds. The summed E-state index contributed by atoms with van der Waals surface area (Å²) in [5.74, 6) is 0.803. The van der Waals surface area contributed by atoms with Gasteiger partial charge in [0.25, 0.3) is 0 Å². The van der Waals surface area contributed by atoms with Crippen molar-refractivity contribution in [2.75, 3.05) is 6.61 Å². The molecule has 1 saturated heterocycles. The van der Waals surface area contributed by atoms with Crippen LogP contribution >= 0.6 is 11.6 Å². The lowest BCUT2D eigenvalue weighted by molar-refractivity contribution is 0.0787. The highest BCUT2D eigenvalue weighted by atomic mass is 35.5. The molecule has 0 radical (unpaired) electrons. The molecule has 3 unspecified atom stereocenters. The van der Waals surface area contributed by atoms with Gasteiger partial charge in [0, 0.05) is 23.7 Å². The van der Waals surface area contributed by atoms with E-state index in [0.29, 0.717) is 18.2 Å². The monoisotopic (exact) mass is 279 g/mol. The van der Waals surface area contributed by atoms with Crippen LogP contribution in [-0.4, -0.2) is 18.8 Å². The molecule has 1 aliphatic heterocycles. The first-order chi connectivity index (χ1) is 9.28. The van der Waals surface area contributed by atoms with Crippen molar-refractivity contribution in [1.82, 2.24) is 5.32 Å². The fourth-order valence-corrected chi connectivity index (χ4v) is 3.31. The fraction of sp³-hybridized carbons (Fsp3) is 0.625. The molecule has 2 nitrogen and oxygen atoms in total. The highest BCUT2D eigenvalue weighted by Gasteiger charge is 2.41. The first kappa shape index (κ1) is 13.4. The van der Waals surface area contributed by atoms with Crippen LogP contribution in [0.5, 0.6) is 0 Å². The van der Waals surface area contributed by atoms with Crippen molar-refractivity contribution in [3.8, 4) is 0 Å². The van der Waals surface area contributed by atoms with E-state index in [0.717, 1.165) is 30.4 Å². The Labute approximate surface area is 120 Å². The molecule has 2 aliphatic rings. The molecule has 1 aromatic rings. The van der Waals surface area contributed by atoms with Crippen LogP contribution in [0.15, 0.2) is 24.3 Å². The lowest BCUT2D eigenvalue weighted by Gasteiger charge is -2.26. The minimum Gasteiger partial charge on any atom is -0.376 e. The van der Waals surface area contributed by atoms with Crippen molar-refractivity contribution >= 4 is 11.6 Å². The summed E-state index contributed by atoms with van der Waals surface area (Å²) < 4.78 is 5.91. The smallest absolute Gasteiger partial charge is 0.0757 e. The van der Waals surface area contributed by atoms with Gasteiger partial charge in [0.2, 0.25) is 0 Å². The maximum atomic E-state index is 6.10. The van der Waals surface area contributed by atoms with Gasteiger partial charge in [-0.3, -0.25) is 0 Å². The molecule has 1 N–H and O–H groups in total. The molecule has 3 atom stereocenters. The second-order valence-corrected chi connectivity index (χ2v) is 6.19. The molecule has 0 spiro atoms. The topological polar surface area (TPSA) is 21.3 Å². The molecule has 3 heteroatoms. The zero-order valence-corrected chi connectivity index (χ0v) is 12.2. The third kappa shape index (κ3) is 3.13. The van der Waals surface area contributed by atoms with E-state index in [2.05, 4.69) is 24.4 Å². The van der Waals surface area contributed by atoms with Crippen LogP contribution in [-0.2, 0) is 4.74 Å². The molecule has 1 heterocycles. The van der Waals surface area contributed by atoms with Gasteiger partial charge in [-0.05, 0) is 49.3 Å². The van der Waals surface area contributed by atoms with Crippen LogP contribution in [0.2, 0.25) is 5.02 Å². The Hall–Kier alpha value is -0.570. The Balaban J connectivity index is 1.69. The first-order valence-corrected chi connectivity index (χ1v) is 7.79. The summed E-state index contributed by atoms with van der Waals surface area (Å²) in [6.07, 6.45) is 5.34. The molecule has 2 fully saturated rings. The third-order valence-corrected chi connectivity index (χ3v) is 4.53. The van der Waals surface area contributed by atoms with Gasteiger partial charge in [0.1, 0.15) is 0 Å². The van der Waals surface area contributed by atoms with Crippen LogP contribution < -0.4 is 5.32 Å². The van der Waals surface area contributed by atoms with Gasteiger partial charge in [-0.1, -0.05) is 30.7 Å². The van der Waals surface area contributed by atoms with Crippen LogP contribution in [0, 0.1) is 5.92 Å². The summed E-state index contributed by atoms with van der Waals surface area (Å²) in [4.78, 5) is 0. The minimum atomic E-state index is 0.381. The van der Waals surface area contributed by atoms with E-state index in [9.17, 15) is 0 Å². The number of benzene rings is 1. The largest absolute Gasteiger partial charge is 0.376 e. The third-order valence-electron chi connectivity index (χ3n) is 4.30. The normalized spacial score (nSPS) is 28.5. The van der Waals surface area contributed by atoms with E-state index >= 15 is 0 Å². The van der Waals surface area contributed by atoms with Crippen LogP contribution in [0.25, 0.3) is 0 Å². The average molecular weight is 280 g/mol. The van der Waals surface area contributed by atoms with E-state index in [1.807, 2.05) is 12.1 Å². The predicted octanol–water partition coefficient (Wildman–Crippen LogP) is 3.95. The Kier molecular flexibility index (Phi) is 4.11. The molecule has 1 saturated carbocycles. The van der Waals surface area contributed by atoms with E-state index in [-0.39, 0.29) is 0 Å². The second-order valence-electron chi connectivity index (χ2n) is 5.75. The Morgan fingerprint density at radius 1 is 1.37 bits per heavy atom. The summed E-state index contributed by atoms with van der Waals surface area (Å²) in [5, 5.41) is 4.62. The van der Waals surface area contributed by atoms with Crippen molar-refractivity contribution in [2.45, 2.75) is 50.8 Å². The van der Waals surface area contributed by atoms with Gasteiger partial charge < -0.3 is 10.1 Å². The van der Waals surface area contributed by atoms with Gasteiger partial charge in [0.15, 0.2) is 0 Å². The number of ether oxygens (including phenoxy) is 1. The molecule has 1 aliphatic carbocycles. The quantitative estimate of drug-likeness (QED) is 0.881. The minimum absolute atomic E-state index is 0.381. The van der Waals surface area contributed by atoms with E-state index in [4.69, 9.17) is 16.3 Å². The standard InChI is InChI=1S/C16H22ClNO/c1-2-14(12-4-3-5-13(17)10-12)18-15-8-9-19-16(15)11-6-7-11/h3-5,10-11,14-16,18H,2,6-9H2,1H3. The lowest BCUT2D eigenvalue weighted by Crippen LogP contribution is -2.39. The number of nitrogens with one attached hydrogen (secondary N) is 1. The Morgan fingerprint density at radius 2 is 2.21 bits per heavy atom. The number of hydrogen-bond donors (Lipinski definition) is 1. The van der Waals surface area contributed by atoms with Crippen LogP contribution in [0.3, 0.4) is 0 Å². The number of halogens is 1. The summed E-state index contributed by atoms with van der Waals surface area (Å²) in [7, 11) is 0. The second kappa shape index (κ2) is 5.82. The molecular weight excluding hydrogens is 258 g/mol. The lowest BCUT2D eigenvalue weighted by atomic mass is 10.00. The van der Waals surface area contributed by atoms with E-state index < -0.39 is 0 Å². The average Bonchev–Trinajstić information content (AvgIpc) is 3.15. The SMILES string of the molecule is CCC(NC1CCOC1C1CC1)c1cccc(Cl)c1. The molecule has 0 aromatic heterocycles. The molecule has 3 rings (SSSR count). The molecular formula is C16H22ClNO. The Bertz CT molecular complexity index is 433. The van der Waals surface area contributed by atoms with Crippen molar-refractivity contribution in [2.24, 2.45) is 5.92 Å². The van der Waals surface area contributed by atoms with Gasteiger partial charge in [-0.25, -0.2) is 0 Å². The van der Waals surface area contributed by atoms with Crippen molar-refractivity contribution < 1.29 is 4.74 Å². The summed E-state index contributed by atoms with van der Waals surface area (Å²) in [6, 6.07) is 9.09. The zero-order valence-electron chi connectivity index (χ0n) is 11.4. The number of rotatable bonds is 5. The van der Waals surface area contributed by atoms with Gasteiger partial charge in [-0.2, -0.15) is 0 Å². The van der Waals surface area contributed by atoms with Crippen LogP contribution in [0.1, 0.15) is 44.2 Å². The zero-order chi connectivity index (χ0) is 13.2. The first-order valence-electron chi connectivity index (χ1n) is 7.41.